The second-order valence-electron chi connectivity index (χ2n) is 7.66. The van der Waals surface area contributed by atoms with Crippen molar-refractivity contribution in [1.29, 1.82) is 0 Å². The Bertz CT molecular complexity index is 678. The van der Waals surface area contributed by atoms with Crippen LogP contribution in [0.25, 0.3) is 0 Å². The predicted molar refractivity (Wildman–Crippen MR) is 110 cm³/mol. The average molecular weight is 410 g/mol. The molecule has 0 bridgehead atoms. The number of carbonyl (C=O) groups excluding carboxylic acids is 1. The fourth-order valence-electron chi connectivity index (χ4n) is 3.76. The van der Waals surface area contributed by atoms with E-state index in [0.717, 1.165) is 57.4 Å². The summed E-state index contributed by atoms with van der Waals surface area (Å²) < 4.78 is 19.5. The van der Waals surface area contributed by atoms with E-state index in [1.807, 2.05) is 7.05 Å². The lowest BCUT2D eigenvalue weighted by atomic mass is 9.91. The van der Waals surface area contributed by atoms with Crippen molar-refractivity contribution in [1.82, 2.24) is 10.2 Å². The number of rotatable bonds is 11. The number of ether oxygens (including phenoxy) is 1. The minimum Gasteiger partial charge on any atom is -0.378 e. The maximum atomic E-state index is 13.5. The Morgan fingerprint density at radius 2 is 1.93 bits per heavy atom. The summed E-state index contributed by atoms with van der Waals surface area (Å²) in [4.78, 5) is 24.4. The summed E-state index contributed by atoms with van der Waals surface area (Å²) in [6.45, 7) is 1.84. The minimum absolute atomic E-state index is 0.0630. The van der Waals surface area contributed by atoms with Gasteiger partial charge in [-0.25, -0.2) is 0 Å². The molecule has 162 valence electrons. The molecule has 0 unspecified atom stereocenters. The molecule has 1 amide bonds. The van der Waals surface area contributed by atoms with Gasteiger partial charge in [0.05, 0.1) is 11.0 Å². The lowest BCUT2D eigenvalue weighted by Gasteiger charge is -2.34. The number of nitro groups is 1. The number of hydrogen-bond donors (Lipinski definition) is 1. The van der Waals surface area contributed by atoms with Gasteiger partial charge in [-0.3, -0.25) is 14.9 Å². The normalized spacial score (nSPS) is 19.1. The van der Waals surface area contributed by atoms with Gasteiger partial charge in [0, 0.05) is 31.3 Å². The Balaban J connectivity index is 1.75. The molecule has 7 nitrogen and oxygen atoms in total. The lowest BCUT2D eigenvalue weighted by molar-refractivity contribution is -0.387. The first-order valence-electron chi connectivity index (χ1n) is 10.4. The number of benzene rings is 1. The van der Waals surface area contributed by atoms with Crippen LogP contribution >= 0.6 is 0 Å². The zero-order valence-electron chi connectivity index (χ0n) is 17.4. The maximum absolute atomic E-state index is 13.5. The van der Waals surface area contributed by atoms with Gasteiger partial charge in [0.25, 0.3) is 5.91 Å². The molecule has 1 aliphatic rings. The molecule has 1 aromatic carbocycles. The molecule has 0 saturated heterocycles. The quantitative estimate of drug-likeness (QED) is 0.340. The Morgan fingerprint density at radius 1 is 1.24 bits per heavy atom. The minimum atomic E-state index is -0.936. The Morgan fingerprint density at radius 3 is 2.59 bits per heavy atom. The number of unbranched alkanes of at least 4 members (excludes halogenated alkanes) is 3. The van der Waals surface area contributed by atoms with Crippen molar-refractivity contribution in [3.63, 3.8) is 0 Å². The molecular formula is C21H32FN3O4. The number of nitro benzene ring substituents is 1. The van der Waals surface area contributed by atoms with Gasteiger partial charge in [-0.15, -0.1) is 0 Å². The van der Waals surface area contributed by atoms with Crippen LogP contribution in [0.5, 0.6) is 0 Å². The second kappa shape index (κ2) is 11.8. The molecule has 0 aromatic heterocycles. The highest BCUT2D eigenvalue weighted by Gasteiger charge is 2.28. The SMILES string of the molecule is CNCCCCCCOC1CCC(N(C)C(=O)c2ccc(F)c([N+](=O)[O-])c2)CC1. The first-order valence-corrected chi connectivity index (χ1v) is 10.4. The van der Waals surface area contributed by atoms with Gasteiger partial charge in [0.15, 0.2) is 0 Å². The third-order valence-electron chi connectivity index (χ3n) is 5.58. The average Bonchev–Trinajstić information content (AvgIpc) is 2.72. The van der Waals surface area contributed by atoms with Gasteiger partial charge in [0.1, 0.15) is 0 Å². The summed E-state index contributed by atoms with van der Waals surface area (Å²) in [7, 11) is 3.67. The Kier molecular flexibility index (Phi) is 9.47. The number of amides is 1. The summed E-state index contributed by atoms with van der Waals surface area (Å²) in [5.74, 6) is -1.26. The monoisotopic (exact) mass is 409 g/mol. The zero-order chi connectivity index (χ0) is 21.2. The van der Waals surface area contributed by atoms with Crippen LogP contribution in [0.4, 0.5) is 10.1 Å². The molecule has 0 atom stereocenters. The van der Waals surface area contributed by atoms with Crippen molar-refractivity contribution >= 4 is 11.6 Å². The highest BCUT2D eigenvalue weighted by molar-refractivity contribution is 5.94. The largest absolute Gasteiger partial charge is 0.378 e. The van der Waals surface area contributed by atoms with Gasteiger partial charge in [-0.1, -0.05) is 12.8 Å². The molecule has 0 heterocycles. The van der Waals surface area contributed by atoms with E-state index in [-0.39, 0.29) is 23.6 Å². The summed E-state index contributed by atoms with van der Waals surface area (Å²) in [6.07, 6.45) is 8.35. The van der Waals surface area contributed by atoms with E-state index in [0.29, 0.717) is 0 Å². The topological polar surface area (TPSA) is 84.7 Å². The molecule has 0 aliphatic heterocycles. The zero-order valence-corrected chi connectivity index (χ0v) is 17.4. The van der Waals surface area contributed by atoms with Crippen LogP contribution in [0.1, 0.15) is 61.7 Å². The molecule has 0 spiro atoms. The fraction of sp³-hybridized carbons (Fsp3) is 0.667. The summed E-state index contributed by atoms with van der Waals surface area (Å²) in [6, 6.07) is 3.35. The van der Waals surface area contributed by atoms with Crippen LogP contribution < -0.4 is 5.32 Å². The first kappa shape index (κ1) is 23.2. The number of carbonyl (C=O) groups is 1. The molecule has 1 N–H and O–H groups in total. The van der Waals surface area contributed by atoms with Gasteiger partial charge in [-0.05, 0) is 64.3 Å². The van der Waals surface area contributed by atoms with Crippen LogP contribution in [0.2, 0.25) is 0 Å². The van der Waals surface area contributed by atoms with Crippen LogP contribution in [0.15, 0.2) is 18.2 Å². The third kappa shape index (κ3) is 7.04. The Hall–Kier alpha value is -2.06. The standard InChI is InChI=1S/C21H32FN3O4/c1-23-13-5-3-4-6-14-29-18-10-8-17(9-11-18)24(2)21(26)16-7-12-19(22)20(15-16)25(27)28/h7,12,15,17-18,23H,3-6,8-11,13-14H2,1-2H3. The maximum Gasteiger partial charge on any atom is 0.305 e. The molecule has 8 heteroatoms. The smallest absolute Gasteiger partial charge is 0.305 e. The van der Waals surface area contributed by atoms with Crippen molar-refractivity contribution in [2.75, 3.05) is 27.2 Å². The van der Waals surface area contributed by atoms with Crippen LogP contribution in [-0.4, -0.2) is 55.1 Å². The van der Waals surface area contributed by atoms with E-state index in [9.17, 15) is 19.3 Å². The van der Waals surface area contributed by atoms with Gasteiger partial charge in [0.2, 0.25) is 5.82 Å². The molecule has 2 rings (SSSR count). The number of halogens is 1. The van der Waals surface area contributed by atoms with Crippen LogP contribution in [0.3, 0.4) is 0 Å². The summed E-state index contributed by atoms with van der Waals surface area (Å²) in [5, 5.41) is 14.0. The fourth-order valence-corrected chi connectivity index (χ4v) is 3.76. The Labute approximate surface area is 171 Å². The number of hydrogen-bond acceptors (Lipinski definition) is 5. The van der Waals surface area contributed by atoms with E-state index in [1.165, 1.54) is 25.3 Å². The van der Waals surface area contributed by atoms with E-state index >= 15 is 0 Å². The van der Waals surface area contributed by atoms with E-state index in [1.54, 1.807) is 11.9 Å². The van der Waals surface area contributed by atoms with Gasteiger partial charge < -0.3 is 15.0 Å². The summed E-state index contributed by atoms with van der Waals surface area (Å²) >= 11 is 0. The number of nitrogens with zero attached hydrogens (tertiary/aromatic N) is 2. The van der Waals surface area contributed by atoms with Crippen molar-refractivity contribution in [3.05, 3.63) is 39.7 Å². The lowest BCUT2D eigenvalue weighted by Crippen LogP contribution is -2.40. The van der Waals surface area contributed by atoms with E-state index < -0.39 is 16.4 Å². The molecule has 1 fully saturated rings. The predicted octanol–water partition coefficient (Wildman–Crippen LogP) is 3.91. The molecule has 1 saturated carbocycles. The molecule has 1 aromatic rings. The van der Waals surface area contributed by atoms with Gasteiger partial charge >= 0.3 is 5.69 Å². The molecule has 29 heavy (non-hydrogen) atoms. The van der Waals surface area contributed by atoms with Crippen molar-refractivity contribution in [2.24, 2.45) is 0 Å². The van der Waals surface area contributed by atoms with Crippen molar-refractivity contribution < 1.29 is 18.8 Å². The molecule has 0 radical (unpaired) electrons. The molecular weight excluding hydrogens is 377 g/mol. The molecule has 1 aliphatic carbocycles. The van der Waals surface area contributed by atoms with E-state index in [4.69, 9.17) is 4.74 Å². The van der Waals surface area contributed by atoms with Crippen LogP contribution in [0, 0.1) is 15.9 Å². The summed E-state index contributed by atoms with van der Waals surface area (Å²) in [5.41, 5.74) is -0.537. The van der Waals surface area contributed by atoms with E-state index in [2.05, 4.69) is 5.32 Å². The number of nitrogens with one attached hydrogen (secondary N) is 1. The third-order valence-corrected chi connectivity index (χ3v) is 5.58. The van der Waals surface area contributed by atoms with Gasteiger partial charge in [-0.2, -0.15) is 4.39 Å². The van der Waals surface area contributed by atoms with Crippen LogP contribution in [-0.2, 0) is 4.74 Å². The van der Waals surface area contributed by atoms with Crippen molar-refractivity contribution in [2.45, 2.75) is 63.5 Å². The second-order valence-corrected chi connectivity index (χ2v) is 7.66. The highest BCUT2D eigenvalue weighted by atomic mass is 19.1. The highest BCUT2D eigenvalue weighted by Crippen LogP contribution is 2.27. The first-order chi connectivity index (χ1) is 13.9. The van der Waals surface area contributed by atoms with Crippen molar-refractivity contribution in [3.8, 4) is 0 Å².